The molecule has 1 aromatic rings. The number of amides is 2. The Hall–Kier alpha value is -2.34. The molecule has 6 rings (SSSR count). The lowest BCUT2D eigenvalue weighted by Gasteiger charge is -2.56. The fourth-order valence-corrected chi connectivity index (χ4v) is 6.64. The Labute approximate surface area is 183 Å². The first kappa shape index (κ1) is 19.4. The van der Waals surface area contributed by atoms with Crippen molar-refractivity contribution < 1.29 is 14.3 Å². The first-order chi connectivity index (χ1) is 15.2. The van der Waals surface area contributed by atoms with Gasteiger partial charge in [0.2, 0.25) is 11.8 Å². The Morgan fingerprint density at radius 2 is 1.94 bits per heavy atom. The lowest BCUT2D eigenvalue weighted by atomic mass is 9.71. The number of carbonyl (C=O) groups is 2. The molecule has 5 aliphatic heterocycles. The maximum absolute atomic E-state index is 13.6. The number of nitrogens with zero attached hydrogens (tertiary/aromatic N) is 3. The molecular formula is C25H31N3O3. The molecule has 6 heteroatoms. The van der Waals surface area contributed by atoms with Gasteiger partial charge in [0.05, 0.1) is 6.61 Å². The Morgan fingerprint density at radius 3 is 2.81 bits per heavy atom. The monoisotopic (exact) mass is 421 g/mol. The maximum atomic E-state index is 13.6. The zero-order chi connectivity index (χ0) is 20.9. The van der Waals surface area contributed by atoms with Crippen molar-refractivity contribution in [3.05, 3.63) is 41.5 Å². The lowest BCUT2D eigenvalue weighted by molar-refractivity contribution is -0.164. The van der Waals surface area contributed by atoms with Gasteiger partial charge in [-0.05, 0) is 42.4 Å². The molecular weight excluding hydrogens is 390 g/mol. The molecule has 2 bridgehead atoms. The summed E-state index contributed by atoms with van der Waals surface area (Å²) in [6.07, 6.45) is 8.77. The third kappa shape index (κ3) is 3.36. The van der Waals surface area contributed by atoms with Gasteiger partial charge in [0.15, 0.2) is 0 Å². The van der Waals surface area contributed by atoms with Crippen LogP contribution in [0.3, 0.4) is 0 Å². The van der Waals surface area contributed by atoms with Gasteiger partial charge in [-0.1, -0.05) is 24.3 Å². The second kappa shape index (κ2) is 7.66. The highest BCUT2D eigenvalue weighted by atomic mass is 16.5. The van der Waals surface area contributed by atoms with Crippen LogP contribution >= 0.6 is 0 Å². The molecule has 3 fully saturated rings. The van der Waals surface area contributed by atoms with E-state index in [0.29, 0.717) is 25.4 Å². The summed E-state index contributed by atoms with van der Waals surface area (Å²) in [7, 11) is 0. The van der Waals surface area contributed by atoms with Gasteiger partial charge in [-0.2, -0.15) is 0 Å². The minimum absolute atomic E-state index is 0.158. The van der Waals surface area contributed by atoms with Crippen LogP contribution in [0, 0.1) is 11.8 Å². The van der Waals surface area contributed by atoms with E-state index in [0.717, 1.165) is 57.7 Å². The van der Waals surface area contributed by atoms with Crippen LogP contribution in [0.25, 0.3) is 0 Å². The van der Waals surface area contributed by atoms with Crippen LogP contribution in [-0.4, -0.2) is 71.4 Å². The summed E-state index contributed by atoms with van der Waals surface area (Å²) in [6, 6.07) is 6.52. The Bertz CT molecular complexity index is 921. The molecule has 2 amide bonds. The number of ether oxygens (including phenoxy) is 1. The van der Waals surface area contributed by atoms with Crippen molar-refractivity contribution in [3.8, 4) is 5.75 Å². The summed E-state index contributed by atoms with van der Waals surface area (Å²) < 4.78 is 5.66. The zero-order valence-corrected chi connectivity index (χ0v) is 18.0. The van der Waals surface area contributed by atoms with Crippen molar-refractivity contribution >= 4 is 11.8 Å². The van der Waals surface area contributed by atoms with E-state index in [4.69, 9.17) is 4.74 Å². The molecule has 164 valence electrons. The minimum Gasteiger partial charge on any atom is -0.493 e. The van der Waals surface area contributed by atoms with Gasteiger partial charge in [0.25, 0.3) is 0 Å². The summed E-state index contributed by atoms with van der Waals surface area (Å²) in [5.74, 6) is 2.08. The van der Waals surface area contributed by atoms with Crippen LogP contribution in [0.4, 0.5) is 0 Å². The number of benzene rings is 1. The van der Waals surface area contributed by atoms with E-state index < -0.39 is 0 Å². The van der Waals surface area contributed by atoms with Crippen molar-refractivity contribution in [3.63, 3.8) is 0 Å². The number of hydrogen-bond acceptors (Lipinski definition) is 4. The largest absolute Gasteiger partial charge is 0.493 e. The predicted octanol–water partition coefficient (Wildman–Crippen LogP) is 2.22. The van der Waals surface area contributed by atoms with Gasteiger partial charge in [0, 0.05) is 57.5 Å². The first-order valence-corrected chi connectivity index (χ1v) is 11.9. The summed E-state index contributed by atoms with van der Waals surface area (Å²) in [4.78, 5) is 33.0. The zero-order valence-electron chi connectivity index (χ0n) is 18.0. The van der Waals surface area contributed by atoms with Gasteiger partial charge in [-0.3, -0.25) is 14.5 Å². The molecule has 0 aromatic heterocycles. The number of rotatable bonds is 3. The molecule has 5 aliphatic rings. The first-order valence-electron chi connectivity index (χ1n) is 11.9. The third-order valence-corrected chi connectivity index (χ3v) is 7.96. The van der Waals surface area contributed by atoms with Crippen LogP contribution in [0.5, 0.6) is 5.75 Å². The Morgan fingerprint density at radius 1 is 1.10 bits per heavy atom. The Kier molecular flexibility index (Phi) is 4.78. The topological polar surface area (TPSA) is 53.1 Å². The van der Waals surface area contributed by atoms with E-state index in [1.54, 1.807) is 0 Å². The fraction of sp³-hybridized carbons (Fsp3) is 0.600. The second-order valence-corrected chi connectivity index (χ2v) is 9.91. The highest BCUT2D eigenvalue weighted by Crippen LogP contribution is 2.42. The summed E-state index contributed by atoms with van der Waals surface area (Å²) in [6.45, 7) is 4.96. The van der Waals surface area contributed by atoms with E-state index in [2.05, 4.69) is 35.3 Å². The van der Waals surface area contributed by atoms with Gasteiger partial charge >= 0.3 is 0 Å². The van der Waals surface area contributed by atoms with Crippen molar-refractivity contribution in [1.82, 2.24) is 14.7 Å². The Balaban J connectivity index is 1.26. The quantitative estimate of drug-likeness (QED) is 0.703. The van der Waals surface area contributed by atoms with Gasteiger partial charge in [-0.25, -0.2) is 0 Å². The molecule has 1 aromatic carbocycles. The number of fused-ring (bicyclic) bond motifs is 5. The van der Waals surface area contributed by atoms with Crippen LogP contribution in [-0.2, 0) is 22.6 Å². The van der Waals surface area contributed by atoms with Crippen molar-refractivity contribution in [2.75, 3.05) is 32.8 Å². The lowest BCUT2D eigenvalue weighted by Crippen LogP contribution is -2.68. The van der Waals surface area contributed by atoms with Gasteiger partial charge in [0.1, 0.15) is 11.8 Å². The van der Waals surface area contributed by atoms with E-state index in [1.807, 2.05) is 9.80 Å². The van der Waals surface area contributed by atoms with Crippen LogP contribution in [0.1, 0.15) is 36.8 Å². The van der Waals surface area contributed by atoms with Gasteiger partial charge < -0.3 is 14.5 Å². The smallest absolute Gasteiger partial charge is 0.246 e. The van der Waals surface area contributed by atoms with E-state index >= 15 is 0 Å². The molecule has 0 N–H and O–H groups in total. The molecule has 0 radical (unpaired) electrons. The van der Waals surface area contributed by atoms with Crippen LogP contribution in [0.15, 0.2) is 30.4 Å². The molecule has 0 aliphatic carbocycles. The van der Waals surface area contributed by atoms with E-state index in [1.165, 1.54) is 11.1 Å². The van der Waals surface area contributed by atoms with Crippen LogP contribution < -0.4 is 4.74 Å². The number of carbonyl (C=O) groups excluding carboxylic acids is 2. The van der Waals surface area contributed by atoms with E-state index in [-0.39, 0.29) is 29.8 Å². The molecule has 0 spiro atoms. The molecule has 6 nitrogen and oxygen atoms in total. The fourth-order valence-electron chi connectivity index (χ4n) is 6.64. The summed E-state index contributed by atoms with van der Waals surface area (Å²) in [5, 5.41) is 0. The minimum atomic E-state index is -0.287. The molecule has 4 atom stereocenters. The second-order valence-electron chi connectivity index (χ2n) is 9.91. The SMILES string of the molecule is O=C([C@H]1[C@@H]2C[C@@H](CN(Cc3ccc4c(c3)CCO4)C2)[C@@H]2CCCC(=O)N21)N1CC=CC1. The molecule has 31 heavy (non-hydrogen) atoms. The number of likely N-dealkylation sites (tertiary alicyclic amines) is 1. The molecule has 0 unspecified atom stereocenters. The van der Waals surface area contributed by atoms with Crippen molar-refractivity contribution in [1.29, 1.82) is 0 Å². The third-order valence-electron chi connectivity index (χ3n) is 7.96. The summed E-state index contributed by atoms with van der Waals surface area (Å²) in [5.41, 5.74) is 2.64. The van der Waals surface area contributed by atoms with Gasteiger partial charge in [-0.15, -0.1) is 0 Å². The number of hydrogen-bond donors (Lipinski definition) is 0. The standard InChI is InChI=1S/C25H31N3O3/c29-23-5-3-4-21-19-13-20(24(28(21)23)25(30)27-9-1-2-10-27)16-26(15-19)14-17-6-7-22-18(12-17)8-11-31-22/h1-2,6-7,12,19-21,24H,3-5,8-11,13-16H2/t19-,20+,21-,24+/m0/s1. The van der Waals surface area contributed by atoms with E-state index in [9.17, 15) is 9.59 Å². The highest BCUT2D eigenvalue weighted by Gasteiger charge is 2.52. The average molecular weight is 422 g/mol. The molecule has 3 saturated heterocycles. The number of piperidine rings is 3. The average Bonchev–Trinajstić information content (AvgIpc) is 3.46. The highest BCUT2D eigenvalue weighted by molar-refractivity contribution is 5.89. The predicted molar refractivity (Wildman–Crippen MR) is 117 cm³/mol. The van der Waals surface area contributed by atoms with Crippen molar-refractivity contribution in [2.24, 2.45) is 11.8 Å². The maximum Gasteiger partial charge on any atom is 0.246 e. The normalized spacial score (nSPS) is 32.1. The van der Waals surface area contributed by atoms with Crippen molar-refractivity contribution in [2.45, 2.75) is 50.7 Å². The molecule has 0 saturated carbocycles. The van der Waals surface area contributed by atoms with Crippen LogP contribution in [0.2, 0.25) is 0 Å². The molecule has 5 heterocycles. The summed E-state index contributed by atoms with van der Waals surface area (Å²) >= 11 is 0.